The Morgan fingerprint density at radius 2 is 1.71 bits per heavy atom. The molecule has 0 aliphatic rings. The van der Waals surface area contributed by atoms with Crippen LogP contribution in [0.1, 0.15) is 0 Å². The SMILES string of the molecule is Clc1ccc(-n2nnnc2-c2c(-c3ccccc3Cl)nc3ccncn23)cc1. The van der Waals surface area contributed by atoms with E-state index in [9.17, 15) is 0 Å². The Bertz CT molecular complexity index is 1290. The van der Waals surface area contributed by atoms with Crippen molar-refractivity contribution in [2.45, 2.75) is 0 Å². The van der Waals surface area contributed by atoms with E-state index in [1.54, 1.807) is 29.3 Å². The summed E-state index contributed by atoms with van der Waals surface area (Å²) in [5.74, 6) is 0.512. The Balaban J connectivity index is 1.81. The Labute approximate surface area is 169 Å². The lowest BCUT2D eigenvalue weighted by Gasteiger charge is -2.07. The Morgan fingerprint density at radius 1 is 0.893 bits per heavy atom. The molecule has 2 aromatic carbocycles. The van der Waals surface area contributed by atoms with Gasteiger partial charge in [-0.2, -0.15) is 4.68 Å². The van der Waals surface area contributed by atoms with Crippen molar-refractivity contribution in [2.24, 2.45) is 0 Å². The number of hydrogen-bond donors (Lipinski definition) is 0. The third-order valence-corrected chi connectivity index (χ3v) is 4.89. The molecule has 0 N–H and O–H groups in total. The van der Waals surface area contributed by atoms with Crippen molar-refractivity contribution in [3.63, 3.8) is 0 Å². The van der Waals surface area contributed by atoms with Crippen LogP contribution in [0.15, 0.2) is 67.1 Å². The highest BCUT2D eigenvalue weighted by molar-refractivity contribution is 6.33. The van der Waals surface area contributed by atoms with Crippen molar-refractivity contribution in [3.05, 3.63) is 77.2 Å². The number of benzene rings is 2. The van der Waals surface area contributed by atoms with Gasteiger partial charge in [0.1, 0.15) is 23.4 Å². The van der Waals surface area contributed by atoms with Crippen molar-refractivity contribution in [1.29, 1.82) is 0 Å². The van der Waals surface area contributed by atoms with Crippen molar-refractivity contribution in [2.75, 3.05) is 0 Å². The molecule has 0 aliphatic carbocycles. The number of imidazole rings is 1. The number of fused-ring (bicyclic) bond motifs is 1. The molecule has 28 heavy (non-hydrogen) atoms. The van der Waals surface area contributed by atoms with Crippen LogP contribution in [0.25, 0.3) is 34.1 Å². The average Bonchev–Trinajstić information content (AvgIpc) is 3.33. The molecule has 0 fully saturated rings. The minimum Gasteiger partial charge on any atom is -0.279 e. The molecule has 0 spiro atoms. The van der Waals surface area contributed by atoms with Gasteiger partial charge in [-0.25, -0.2) is 9.97 Å². The average molecular weight is 408 g/mol. The van der Waals surface area contributed by atoms with Crippen LogP contribution in [0.4, 0.5) is 0 Å². The van der Waals surface area contributed by atoms with Gasteiger partial charge in [0.05, 0.1) is 10.7 Å². The molecule has 0 atom stereocenters. The first-order chi connectivity index (χ1) is 13.7. The van der Waals surface area contributed by atoms with E-state index in [0.717, 1.165) is 11.3 Å². The van der Waals surface area contributed by atoms with Gasteiger partial charge in [0.15, 0.2) is 0 Å². The zero-order valence-electron chi connectivity index (χ0n) is 14.2. The molecule has 0 aliphatic heterocycles. The van der Waals surface area contributed by atoms with Gasteiger partial charge >= 0.3 is 0 Å². The van der Waals surface area contributed by atoms with Crippen molar-refractivity contribution >= 4 is 28.8 Å². The fourth-order valence-electron chi connectivity index (χ4n) is 3.04. The Kier molecular flexibility index (Phi) is 4.03. The summed E-state index contributed by atoms with van der Waals surface area (Å²) in [5, 5.41) is 13.5. The molecule has 3 heterocycles. The predicted octanol–water partition coefficient (Wildman–Crippen LogP) is 4.35. The van der Waals surface area contributed by atoms with Crippen LogP contribution in [0.2, 0.25) is 10.0 Å². The summed E-state index contributed by atoms with van der Waals surface area (Å²) in [6.45, 7) is 0. The zero-order valence-corrected chi connectivity index (χ0v) is 15.7. The van der Waals surface area contributed by atoms with Crippen LogP contribution in [0.5, 0.6) is 0 Å². The molecule has 9 heteroatoms. The van der Waals surface area contributed by atoms with Crippen LogP contribution >= 0.6 is 23.2 Å². The molecule has 0 bridgehead atoms. The summed E-state index contributed by atoms with van der Waals surface area (Å²) in [6, 6.07) is 16.6. The second-order valence-electron chi connectivity index (χ2n) is 5.99. The number of hydrogen-bond acceptors (Lipinski definition) is 5. The first kappa shape index (κ1) is 16.9. The monoisotopic (exact) mass is 407 g/mol. The summed E-state index contributed by atoms with van der Waals surface area (Å²) in [4.78, 5) is 8.98. The van der Waals surface area contributed by atoms with Crippen molar-refractivity contribution in [3.8, 4) is 28.5 Å². The molecule has 0 amide bonds. The summed E-state index contributed by atoms with van der Waals surface area (Å²) in [6.07, 6.45) is 3.36. The van der Waals surface area contributed by atoms with Gasteiger partial charge in [-0.05, 0) is 46.8 Å². The lowest BCUT2D eigenvalue weighted by molar-refractivity contribution is 0.790. The van der Waals surface area contributed by atoms with E-state index in [2.05, 4.69) is 20.5 Å². The molecule has 0 unspecified atom stereocenters. The third-order valence-electron chi connectivity index (χ3n) is 4.31. The second kappa shape index (κ2) is 6.70. The molecule has 136 valence electrons. The fraction of sp³-hybridized carbons (Fsp3) is 0. The van der Waals surface area contributed by atoms with Gasteiger partial charge in [-0.3, -0.25) is 4.40 Å². The third kappa shape index (κ3) is 2.72. The highest BCUT2D eigenvalue weighted by Crippen LogP contribution is 2.35. The van der Waals surface area contributed by atoms with Crippen LogP contribution < -0.4 is 0 Å². The quantitative estimate of drug-likeness (QED) is 0.444. The first-order valence-corrected chi connectivity index (χ1v) is 9.09. The van der Waals surface area contributed by atoms with Crippen molar-refractivity contribution in [1.82, 2.24) is 34.6 Å². The highest BCUT2D eigenvalue weighted by atomic mass is 35.5. The van der Waals surface area contributed by atoms with E-state index in [4.69, 9.17) is 28.2 Å². The lowest BCUT2D eigenvalue weighted by Crippen LogP contribution is -2.02. The smallest absolute Gasteiger partial charge is 0.206 e. The molecule has 0 saturated carbocycles. The zero-order chi connectivity index (χ0) is 19.1. The fourth-order valence-corrected chi connectivity index (χ4v) is 3.40. The first-order valence-electron chi connectivity index (χ1n) is 8.34. The predicted molar refractivity (Wildman–Crippen MR) is 107 cm³/mol. The van der Waals surface area contributed by atoms with Crippen LogP contribution in [-0.4, -0.2) is 34.6 Å². The van der Waals surface area contributed by atoms with E-state index < -0.39 is 0 Å². The summed E-state index contributed by atoms with van der Waals surface area (Å²) in [7, 11) is 0. The van der Waals surface area contributed by atoms with Gasteiger partial charge in [-0.1, -0.05) is 41.4 Å². The Morgan fingerprint density at radius 3 is 2.54 bits per heavy atom. The number of aromatic nitrogens is 7. The minimum absolute atomic E-state index is 0.512. The number of rotatable bonds is 3. The largest absolute Gasteiger partial charge is 0.279 e. The molecule has 0 saturated heterocycles. The van der Waals surface area contributed by atoms with Crippen LogP contribution in [0.3, 0.4) is 0 Å². The molecule has 5 rings (SSSR count). The summed E-state index contributed by atoms with van der Waals surface area (Å²) >= 11 is 12.5. The molecular weight excluding hydrogens is 397 g/mol. The van der Waals surface area contributed by atoms with Crippen LogP contribution in [-0.2, 0) is 0 Å². The van der Waals surface area contributed by atoms with Gasteiger partial charge in [-0.15, -0.1) is 5.10 Å². The minimum atomic E-state index is 0.512. The number of halogens is 2. The number of tetrazole rings is 1. The maximum atomic E-state index is 6.46. The van der Waals surface area contributed by atoms with Gasteiger partial charge in [0.25, 0.3) is 0 Å². The van der Waals surface area contributed by atoms with E-state index in [1.165, 1.54) is 0 Å². The van der Waals surface area contributed by atoms with Crippen LogP contribution in [0, 0.1) is 0 Å². The molecule has 5 aromatic rings. The van der Waals surface area contributed by atoms with Gasteiger partial charge in [0.2, 0.25) is 5.82 Å². The lowest BCUT2D eigenvalue weighted by atomic mass is 10.1. The summed E-state index contributed by atoms with van der Waals surface area (Å²) in [5.41, 5.74) is 3.63. The second-order valence-corrected chi connectivity index (χ2v) is 6.83. The highest BCUT2D eigenvalue weighted by Gasteiger charge is 2.23. The normalized spacial score (nSPS) is 11.2. The van der Waals surface area contributed by atoms with Gasteiger partial charge < -0.3 is 0 Å². The topological polar surface area (TPSA) is 73.8 Å². The molecule has 3 aromatic heterocycles. The maximum absolute atomic E-state index is 6.46. The Hall–Kier alpha value is -3.29. The summed E-state index contributed by atoms with van der Waals surface area (Å²) < 4.78 is 3.48. The van der Waals surface area contributed by atoms with E-state index >= 15 is 0 Å². The molecule has 0 radical (unpaired) electrons. The molecular formula is C19H11Cl2N7. The number of nitrogens with zero attached hydrogens (tertiary/aromatic N) is 7. The van der Waals surface area contributed by atoms with E-state index in [0.29, 0.717) is 32.9 Å². The maximum Gasteiger partial charge on any atom is 0.206 e. The van der Waals surface area contributed by atoms with Crippen molar-refractivity contribution < 1.29 is 0 Å². The van der Waals surface area contributed by atoms with E-state index in [1.807, 2.05) is 46.9 Å². The standard InChI is InChI=1S/C19H11Cl2N7/c20-12-5-7-13(8-6-12)28-19(24-25-26-28)18-17(14-3-1-2-4-15(14)21)23-16-9-10-22-11-27(16)18/h1-11H. The van der Waals surface area contributed by atoms with Gasteiger partial charge in [0, 0.05) is 16.8 Å². The molecule has 7 nitrogen and oxygen atoms in total. The van der Waals surface area contributed by atoms with E-state index in [-0.39, 0.29) is 0 Å².